The lowest BCUT2D eigenvalue weighted by molar-refractivity contribution is 0.0234. The highest BCUT2D eigenvalue weighted by atomic mass is 32.2. The highest BCUT2D eigenvalue weighted by molar-refractivity contribution is 7.99. The summed E-state index contributed by atoms with van der Waals surface area (Å²) in [5, 5.41) is 10.0. The van der Waals surface area contributed by atoms with Crippen LogP contribution in [0.1, 0.15) is 43.0 Å². The molecule has 0 aliphatic carbocycles. The van der Waals surface area contributed by atoms with Crippen molar-refractivity contribution in [1.29, 1.82) is 0 Å². The van der Waals surface area contributed by atoms with E-state index in [1.54, 1.807) is 18.5 Å². The SMILES string of the molecule is CC(C)c1[nH]c(C(Cc2ccncc2)OCCO)nc1Sc1cccc(F)c1. The fourth-order valence-corrected chi connectivity index (χ4v) is 3.90. The zero-order chi connectivity index (χ0) is 19.9. The second kappa shape index (κ2) is 9.82. The molecule has 3 rings (SSSR count). The first-order valence-corrected chi connectivity index (χ1v) is 10.0. The summed E-state index contributed by atoms with van der Waals surface area (Å²) in [7, 11) is 0. The molecule has 1 unspecified atom stereocenters. The average molecular weight is 402 g/mol. The van der Waals surface area contributed by atoms with Gasteiger partial charge in [0.25, 0.3) is 0 Å². The third kappa shape index (κ3) is 5.41. The number of aliphatic hydroxyl groups is 1. The van der Waals surface area contributed by atoms with E-state index in [2.05, 4.69) is 23.8 Å². The van der Waals surface area contributed by atoms with Crippen LogP contribution in [0.3, 0.4) is 0 Å². The van der Waals surface area contributed by atoms with Gasteiger partial charge < -0.3 is 14.8 Å². The fraction of sp³-hybridized carbons (Fsp3) is 0.333. The van der Waals surface area contributed by atoms with Crippen LogP contribution in [0.5, 0.6) is 0 Å². The minimum Gasteiger partial charge on any atom is -0.394 e. The van der Waals surface area contributed by atoms with E-state index < -0.39 is 0 Å². The summed E-state index contributed by atoms with van der Waals surface area (Å²) in [4.78, 5) is 13.0. The van der Waals surface area contributed by atoms with E-state index in [0.717, 1.165) is 21.2 Å². The van der Waals surface area contributed by atoms with Gasteiger partial charge in [-0.2, -0.15) is 0 Å². The Morgan fingerprint density at radius 3 is 2.68 bits per heavy atom. The van der Waals surface area contributed by atoms with Crippen LogP contribution in [0.15, 0.2) is 58.7 Å². The van der Waals surface area contributed by atoms with Gasteiger partial charge in [0.1, 0.15) is 22.8 Å². The van der Waals surface area contributed by atoms with E-state index >= 15 is 0 Å². The van der Waals surface area contributed by atoms with Crippen LogP contribution in [0.2, 0.25) is 0 Å². The number of aromatic amines is 1. The van der Waals surface area contributed by atoms with Crippen LogP contribution in [-0.4, -0.2) is 33.3 Å². The number of aliphatic hydroxyl groups excluding tert-OH is 1. The zero-order valence-corrected chi connectivity index (χ0v) is 16.7. The number of benzene rings is 1. The summed E-state index contributed by atoms with van der Waals surface area (Å²) in [6, 6.07) is 10.4. The molecule has 2 aromatic heterocycles. The Kier molecular flexibility index (Phi) is 7.19. The molecule has 0 radical (unpaired) electrons. The van der Waals surface area contributed by atoms with Crippen molar-refractivity contribution in [2.45, 2.75) is 42.2 Å². The van der Waals surface area contributed by atoms with Crippen LogP contribution >= 0.6 is 11.8 Å². The van der Waals surface area contributed by atoms with Crippen molar-refractivity contribution < 1.29 is 14.2 Å². The molecule has 28 heavy (non-hydrogen) atoms. The highest BCUT2D eigenvalue weighted by Gasteiger charge is 2.22. The van der Waals surface area contributed by atoms with Gasteiger partial charge in [-0.3, -0.25) is 4.98 Å². The number of halogens is 1. The average Bonchev–Trinajstić information content (AvgIpc) is 3.10. The molecule has 7 heteroatoms. The fourth-order valence-electron chi connectivity index (χ4n) is 2.82. The molecule has 2 heterocycles. The van der Waals surface area contributed by atoms with Gasteiger partial charge in [-0.05, 0) is 41.8 Å². The van der Waals surface area contributed by atoms with Crippen molar-refractivity contribution in [1.82, 2.24) is 15.0 Å². The van der Waals surface area contributed by atoms with Gasteiger partial charge in [0.05, 0.1) is 18.9 Å². The summed E-state index contributed by atoms with van der Waals surface area (Å²) in [5.74, 6) is 0.651. The molecule has 0 amide bonds. The van der Waals surface area contributed by atoms with Crippen LogP contribution < -0.4 is 0 Å². The Balaban J connectivity index is 1.89. The lowest BCUT2D eigenvalue weighted by Gasteiger charge is -2.15. The van der Waals surface area contributed by atoms with Gasteiger partial charge in [-0.1, -0.05) is 31.7 Å². The number of H-pyrrole nitrogens is 1. The summed E-state index contributed by atoms with van der Waals surface area (Å²) >= 11 is 1.43. The van der Waals surface area contributed by atoms with E-state index in [1.165, 1.54) is 23.9 Å². The number of ether oxygens (including phenoxy) is 1. The van der Waals surface area contributed by atoms with Crippen molar-refractivity contribution in [3.63, 3.8) is 0 Å². The number of hydrogen-bond donors (Lipinski definition) is 2. The van der Waals surface area contributed by atoms with Crippen molar-refractivity contribution >= 4 is 11.8 Å². The molecule has 148 valence electrons. The van der Waals surface area contributed by atoms with Gasteiger partial charge >= 0.3 is 0 Å². The molecule has 1 atom stereocenters. The highest BCUT2D eigenvalue weighted by Crippen LogP contribution is 2.34. The second-order valence-electron chi connectivity index (χ2n) is 6.70. The molecular weight excluding hydrogens is 377 g/mol. The molecule has 5 nitrogen and oxygen atoms in total. The van der Waals surface area contributed by atoms with Gasteiger partial charge in [-0.25, -0.2) is 9.37 Å². The minimum atomic E-state index is -0.325. The quantitative estimate of drug-likeness (QED) is 0.552. The Labute approximate surface area is 168 Å². The first-order chi connectivity index (χ1) is 13.6. The number of pyridine rings is 1. The van der Waals surface area contributed by atoms with Crippen molar-refractivity contribution in [3.05, 3.63) is 71.7 Å². The lowest BCUT2D eigenvalue weighted by Crippen LogP contribution is -2.12. The zero-order valence-electron chi connectivity index (χ0n) is 15.9. The van der Waals surface area contributed by atoms with Crippen LogP contribution in [0.25, 0.3) is 0 Å². The Morgan fingerprint density at radius 2 is 2.00 bits per heavy atom. The van der Waals surface area contributed by atoms with Crippen LogP contribution in [-0.2, 0) is 11.2 Å². The molecule has 3 aromatic rings. The van der Waals surface area contributed by atoms with E-state index in [-0.39, 0.29) is 31.1 Å². The topological polar surface area (TPSA) is 71.0 Å². The van der Waals surface area contributed by atoms with Gasteiger partial charge in [0.15, 0.2) is 0 Å². The first-order valence-electron chi connectivity index (χ1n) is 9.21. The van der Waals surface area contributed by atoms with Crippen molar-refractivity contribution in [3.8, 4) is 0 Å². The second-order valence-corrected chi connectivity index (χ2v) is 7.76. The molecule has 2 N–H and O–H groups in total. The smallest absolute Gasteiger partial charge is 0.137 e. The van der Waals surface area contributed by atoms with Crippen molar-refractivity contribution in [2.75, 3.05) is 13.2 Å². The van der Waals surface area contributed by atoms with E-state index in [1.807, 2.05) is 18.2 Å². The largest absolute Gasteiger partial charge is 0.394 e. The molecule has 0 spiro atoms. The number of aromatic nitrogens is 3. The molecule has 1 aromatic carbocycles. The maximum atomic E-state index is 13.6. The maximum absolute atomic E-state index is 13.6. The van der Waals surface area contributed by atoms with E-state index in [9.17, 15) is 9.50 Å². The van der Waals surface area contributed by atoms with E-state index in [0.29, 0.717) is 12.2 Å². The Bertz CT molecular complexity index is 886. The monoisotopic (exact) mass is 401 g/mol. The molecule has 0 fully saturated rings. The summed E-state index contributed by atoms with van der Waals surface area (Å²) in [5.41, 5.74) is 2.05. The molecular formula is C21H24FN3O2S. The minimum absolute atomic E-state index is 0.0600. The lowest BCUT2D eigenvalue weighted by atomic mass is 10.1. The van der Waals surface area contributed by atoms with Crippen LogP contribution in [0.4, 0.5) is 4.39 Å². The molecule has 0 saturated heterocycles. The third-order valence-corrected chi connectivity index (χ3v) is 5.18. The number of rotatable bonds is 9. The molecule has 0 bridgehead atoms. The van der Waals surface area contributed by atoms with Crippen molar-refractivity contribution in [2.24, 2.45) is 0 Å². The molecule has 0 aliphatic heterocycles. The van der Waals surface area contributed by atoms with Crippen LogP contribution in [0, 0.1) is 5.82 Å². The third-order valence-electron chi connectivity index (χ3n) is 4.19. The number of hydrogen-bond acceptors (Lipinski definition) is 5. The summed E-state index contributed by atoms with van der Waals surface area (Å²) < 4.78 is 19.4. The standard InChI is InChI=1S/C21H24FN3O2S/c1-14(2)19-21(28-17-5-3-4-16(22)13-17)25-20(24-19)18(27-11-10-26)12-15-6-8-23-9-7-15/h3-9,13-14,18,26H,10-12H2,1-2H3,(H,24,25). The van der Waals surface area contributed by atoms with Gasteiger partial charge in [-0.15, -0.1) is 0 Å². The molecule has 0 aliphatic rings. The normalized spacial score (nSPS) is 12.5. The summed E-state index contributed by atoms with van der Waals surface area (Å²) in [6.45, 7) is 4.33. The van der Waals surface area contributed by atoms with Gasteiger partial charge in [0.2, 0.25) is 0 Å². The predicted molar refractivity (Wildman–Crippen MR) is 107 cm³/mol. The van der Waals surface area contributed by atoms with Gasteiger partial charge in [0, 0.05) is 23.7 Å². The number of nitrogens with zero attached hydrogens (tertiary/aromatic N) is 2. The Hall–Kier alpha value is -2.22. The first kappa shape index (κ1) is 20.5. The Morgan fingerprint density at radius 1 is 1.21 bits per heavy atom. The van der Waals surface area contributed by atoms with E-state index in [4.69, 9.17) is 9.72 Å². The maximum Gasteiger partial charge on any atom is 0.137 e. The molecule has 0 saturated carbocycles. The predicted octanol–water partition coefficient (Wildman–Crippen LogP) is 4.51. The number of nitrogens with one attached hydrogen (secondary N) is 1. The number of imidazole rings is 1. The summed E-state index contributed by atoms with van der Waals surface area (Å²) in [6.07, 6.45) is 3.77.